The van der Waals surface area contributed by atoms with E-state index in [2.05, 4.69) is 10.1 Å². The third-order valence-electron chi connectivity index (χ3n) is 1.87. The number of nitrogen functional groups attached to an aromatic ring is 1. The number of aromatic nitrogens is 3. The molecular formula is C9H10N4. The Bertz CT molecular complexity index is 405. The van der Waals surface area contributed by atoms with Gasteiger partial charge in [-0.15, -0.1) is 0 Å². The third kappa shape index (κ3) is 1.38. The highest BCUT2D eigenvalue weighted by Gasteiger charge is 2.03. The Hall–Kier alpha value is -1.84. The highest BCUT2D eigenvalue weighted by Crippen LogP contribution is 2.19. The lowest BCUT2D eigenvalue weighted by Crippen LogP contribution is -1.94. The van der Waals surface area contributed by atoms with Crippen LogP contribution in [-0.2, 0) is 7.05 Å². The molecule has 0 aliphatic carbocycles. The van der Waals surface area contributed by atoms with Gasteiger partial charge in [-0.2, -0.15) is 5.10 Å². The van der Waals surface area contributed by atoms with Crippen molar-refractivity contribution in [3.63, 3.8) is 0 Å². The fourth-order valence-electron chi connectivity index (χ4n) is 1.28. The maximum atomic E-state index is 5.57. The van der Waals surface area contributed by atoms with Gasteiger partial charge in [0.05, 0.1) is 5.69 Å². The summed E-state index contributed by atoms with van der Waals surface area (Å²) in [6, 6.07) is 5.70. The molecule has 0 aliphatic heterocycles. The third-order valence-corrected chi connectivity index (χ3v) is 1.87. The molecule has 0 amide bonds. The van der Waals surface area contributed by atoms with Gasteiger partial charge in [0.15, 0.2) is 0 Å². The number of nitrogens with zero attached hydrogens (tertiary/aromatic N) is 3. The van der Waals surface area contributed by atoms with E-state index in [1.807, 2.05) is 25.2 Å². The van der Waals surface area contributed by atoms with Gasteiger partial charge < -0.3 is 5.73 Å². The predicted octanol–water partition coefficient (Wildman–Crippen LogP) is 1.06. The monoisotopic (exact) mass is 174 g/mol. The number of hydrogen-bond acceptors (Lipinski definition) is 3. The van der Waals surface area contributed by atoms with Gasteiger partial charge >= 0.3 is 0 Å². The minimum absolute atomic E-state index is 0.536. The van der Waals surface area contributed by atoms with Gasteiger partial charge in [0.1, 0.15) is 5.82 Å². The Morgan fingerprint density at radius 1 is 1.31 bits per heavy atom. The first-order valence-electron chi connectivity index (χ1n) is 3.97. The Labute approximate surface area is 76.0 Å². The van der Waals surface area contributed by atoms with Gasteiger partial charge in [-0.3, -0.25) is 9.67 Å². The largest absolute Gasteiger partial charge is 0.382 e. The molecule has 0 fully saturated rings. The second-order valence-corrected chi connectivity index (χ2v) is 2.81. The smallest absolute Gasteiger partial charge is 0.146 e. The molecule has 2 heterocycles. The summed E-state index contributed by atoms with van der Waals surface area (Å²) in [7, 11) is 1.87. The van der Waals surface area contributed by atoms with Gasteiger partial charge in [0.2, 0.25) is 0 Å². The van der Waals surface area contributed by atoms with E-state index < -0.39 is 0 Å². The van der Waals surface area contributed by atoms with Crippen molar-refractivity contribution < 1.29 is 0 Å². The number of aryl methyl sites for hydroxylation is 1. The summed E-state index contributed by atoms with van der Waals surface area (Å²) < 4.78 is 1.75. The van der Waals surface area contributed by atoms with E-state index in [1.165, 1.54) is 0 Å². The van der Waals surface area contributed by atoms with Gasteiger partial charge in [0, 0.05) is 31.1 Å². The van der Waals surface area contributed by atoms with Crippen molar-refractivity contribution >= 4 is 5.82 Å². The fraction of sp³-hybridized carbons (Fsp3) is 0.111. The van der Waals surface area contributed by atoms with E-state index in [1.54, 1.807) is 17.1 Å². The van der Waals surface area contributed by atoms with Crippen molar-refractivity contribution in [2.45, 2.75) is 0 Å². The summed E-state index contributed by atoms with van der Waals surface area (Å²) in [6.45, 7) is 0. The molecule has 0 bridgehead atoms. The minimum atomic E-state index is 0.536. The van der Waals surface area contributed by atoms with Crippen LogP contribution in [0.4, 0.5) is 5.82 Å². The van der Waals surface area contributed by atoms with E-state index in [4.69, 9.17) is 5.73 Å². The van der Waals surface area contributed by atoms with Gasteiger partial charge in [-0.05, 0) is 12.1 Å². The zero-order chi connectivity index (χ0) is 9.26. The first kappa shape index (κ1) is 7.79. The maximum Gasteiger partial charge on any atom is 0.146 e. The molecule has 0 aromatic carbocycles. The standard InChI is InChI=1S/C9H10N4/c1-13-8(6-9(10)12-13)7-2-4-11-5-3-7/h2-6H,1H3,(H2,10,12). The van der Waals surface area contributed by atoms with Crippen molar-refractivity contribution in [2.75, 3.05) is 5.73 Å². The quantitative estimate of drug-likeness (QED) is 0.703. The molecule has 2 N–H and O–H groups in total. The van der Waals surface area contributed by atoms with Gasteiger partial charge in [-0.1, -0.05) is 0 Å². The molecule has 0 atom stereocenters. The Morgan fingerprint density at radius 2 is 2.00 bits per heavy atom. The summed E-state index contributed by atoms with van der Waals surface area (Å²) in [4.78, 5) is 3.95. The molecule has 13 heavy (non-hydrogen) atoms. The lowest BCUT2D eigenvalue weighted by molar-refractivity contribution is 0.780. The van der Waals surface area contributed by atoms with Crippen LogP contribution in [-0.4, -0.2) is 14.8 Å². The highest BCUT2D eigenvalue weighted by molar-refractivity contribution is 5.61. The summed E-state index contributed by atoms with van der Waals surface area (Å²) in [5.41, 5.74) is 7.64. The van der Waals surface area contributed by atoms with Crippen molar-refractivity contribution in [2.24, 2.45) is 7.05 Å². The van der Waals surface area contributed by atoms with Crippen molar-refractivity contribution in [3.05, 3.63) is 30.6 Å². The summed E-state index contributed by atoms with van der Waals surface area (Å²) in [6.07, 6.45) is 3.50. The normalized spacial score (nSPS) is 10.2. The highest BCUT2D eigenvalue weighted by atomic mass is 15.3. The van der Waals surface area contributed by atoms with Crippen LogP contribution in [0.1, 0.15) is 0 Å². The first-order chi connectivity index (χ1) is 6.27. The van der Waals surface area contributed by atoms with Crippen LogP contribution < -0.4 is 5.73 Å². The minimum Gasteiger partial charge on any atom is -0.382 e. The van der Waals surface area contributed by atoms with Crippen LogP contribution in [0.5, 0.6) is 0 Å². The van der Waals surface area contributed by atoms with Crippen molar-refractivity contribution in [3.8, 4) is 11.3 Å². The first-order valence-corrected chi connectivity index (χ1v) is 3.97. The van der Waals surface area contributed by atoms with Crippen LogP contribution in [0.15, 0.2) is 30.6 Å². The lowest BCUT2D eigenvalue weighted by atomic mass is 10.2. The molecule has 4 nitrogen and oxygen atoms in total. The maximum absolute atomic E-state index is 5.57. The Kier molecular flexibility index (Phi) is 1.73. The molecule has 0 unspecified atom stereocenters. The van der Waals surface area contributed by atoms with E-state index in [9.17, 15) is 0 Å². The molecule has 0 radical (unpaired) electrons. The van der Waals surface area contributed by atoms with Crippen LogP contribution in [0.2, 0.25) is 0 Å². The van der Waals surface area contributed by atoms with E-state index in [-0.39, 0.29) is 0 Å². The predicted molar refractivity (Wildman–Crippen MR) is 50.9 cm³/mol. The molecule has 0 saturated heterocycles. The van der Waals surface area contributed by atoms with E-state index in [0.717, 1.165) is 11.3 Å². The van der Waals surface area contributed by atoms with E-state index in [0.29, 0.717) is 5.82 Å². The average Bonchev–Trinajstić information content (AvgIpc) is 2.47. The molecule has 0 spiro atoms. The summed E-state index contributed by atoms with van der Waals surface area (Å²) >= 11 is 0. The van der Waals surface area contributed by atoms with Crippen molar-refractivity contribution in [1.29, 1.82) is 0 Å². The zero-order valence-electron chi connectivity index (χ0n) is 7.31. The molecule has 2 rings (SSSR count). The summed E-state index contributed by atoms with van der Waals surface area (Å²) in [5.74, 6) is 0.536. The molecule has 0 saturated carbocycles. The average molecular weight is 174 g/mol. The molecule has 4 heteroatoms. The number of pyridine rings is 1. The van der Waals surface area contributed by atoms with Gasteiger partial charge in [-0.25, -0.2) is 0 Å². The SMILES string of the molecule is Cn1nc(N)cc1-c1ccncc1. The molecule has 2 aromatic heterocycles. The number of anilines is 1. The number of nitrogens with two attached hydrogens (primary N) is 1. The molecule has 0 aliphatic rings. The topological polar surface area (TPSA) is 56.7 Å². The number of hydrogen-bond donors (Lipinski definition) is 1. The van der Waals surface area contributed by atoms with Crippen LogP contribution in [0, 0.1) is 0 Å². The van der Waals surface area contributed by atoms with E-state index >= 15 is 0 Å². The number of rotatable bonds is 1. The molecular weight excluding hydrogens is 164 g/mol. The lowest BCUT2D eigenvalue weighted by Gasteiger charge is -1.99. The van der Waals surface area contributed by atoms with Crippen LogP contribution in [0.3, 0.4) is 0 Å². The molecule has 2 aromatic rings. The second kappa shape index (κ2) is 2.90. The van der Waals surface area contributed by atoms with Crippen molar-refractivity contribution in [1.82, 2.24) is 14.8 Å². The second-order valence-electron chi connectivity index (χ2n) is 2.81. The Balaban J connectivity index is 2.53. The summed E-state index contributed by atoms with van der Waals surface area (Å²) in [5, 5.41) is 4.06. The Morgan fingerprint density at radius 3 is 2.54 bits per heavy atom. The molecule has 66 valence electrons. The zero-order valence-corrected chi connectivity index (χ0v) is 7.31. The van der Waals surface area contributed by atoms with Crippen LogP contribution in [0.25, 0.3) is 11.3 Å². The van der Waals surface area contributed by atoms with Gasteiger partial charge in [0.25, 0.3) is 0 Å². The fourth-order valence-corrected chi connectivity index (χ4v) is 1.28. The van der Waals surface area contributed by atoms with Crippen LogP contribution >= 0.6 is 0 Å².